The van der Waals surface area contributed by atoms with Crippen molar-refractivity contribution in [1.82, 2.24) is 5.32 Å². The normalized spacial score (nSPS) is 16.0. The molecule has 0 unspecified atom stereocenters. The summed E-state index contributed by atoms with van der Waals surface area (Å²) >= 11 is 6.13. The van der Waals surface area contributed by atoms with E-state index in [1.165, 1.54) is 18.9 Å². The fraction of sp³-hybridized carbons (Fsp3) is 0.214. The van der Waals surface area contributed by atoms with E-state index in [0.717, 1.165) is 5.56 Å². The van der Waals surface area contributed by atoms with Crippen LogP contribution in [0.4, 0.5) is 0 Å². The van der Waals surface area contributed by atoms with Crippen molar-refractivity contribution in [3.8, 4) is 11.5 Å². The first-order valence-electron chi connectivity index (χ1n) is 6.17. The Morgan fingerprint density at radius 2 is 2.19 bits per heavy atom. The maximum Gasteiger partial charge on any atom is 0.311 e. The minimum absolute atomic E-state index is 0.217. The highest BCUT2D eigenvalue weighted by atomic mass is 32.2. The molecule has 0 saturated carbocycles. The molecule has 1 aliphatic rings. The Morgan fingerprint density at radius 1 is 1.43 bits per heavy atom. The first-order chi connectivity index (χ1) is 10.0. The van der Waals surface area contributed by atoms with Crippen LogP contribution in [0.3, 0.4) is 0 Å². The van der Waals surface area contributed by atoms with Crippen LogP contribution < -0.4 is 14.8 Å². The van der Waals surface area contributed by atoms with Gasteiger partial charge in [0.25, 0.3) is 5.91 Å². The number of carbonyl (C=O) groups excluding carboxylic acids is 2. The third kappa shape index (κ3) is 3.83. The van der Waals surface area contributed by atoms with Crippen LogP contribution in [0.5, 0.6) is 11.5 Å². The van der Waals surface area contributed by atoms with Crippen molar-refractivity contribution in [1.29, 1.82) is 0 Å². The fourth-order valence-corrected chi connectivity index (χ4v) is 2.67. The topological polar surface area (TPSA) is 64.6 Å². The second kappa shape index (κ2) is 6.73. The second-order valence-electron chi connectivity index (χ2n) is 4.09. The average molecular weight is 323 g/mol. The highest BCUT2D eigenvalue weighted by Crippen LogP contribution is 2.31. The van der Waals surface area contributed by atoms with Gasteiger partial charge in [-0.05, 0) is 23.8 Å². The molecule has 7 heteroatoms. The van der Waals surface area contributed by atoms with Gasteiger partial charge in [-0.15, -0.1) is 0 Å². The Morgan fingerprint density at radius 3 is 2.76 bits per heavy atom. The smallest absolute Gasteiger partial charge is 0.311 e. The van der Waals surface area contributed by atoms with E-state index in [1.807, 2.05) is 0 Å². The molecule has 1 amide bonds. The zero-order valence-corrected chi connectivity index (χ0v) is 13.1. The third-order valence-corrected chi connectivity index (χ3v) is 3.80. The van der Waals surface area contributed by atoms with E-state index in [1.54, 1.807) is 31.2 Å². The van der Waals surface area contributed by atoms with Crippen LogP contribution in [0.15, 0.2) is 23.1 Å². The Kier molecular flexibility index (Phi) is 4.98. The summed E-state index contributed by atoms with van der Waals surface area (Å²) in [7, 11) is 1.49. The molecule has 0 radical (unpaired) electrons. The van der Waals surface area contributed by atoms with Gasteiger partial charge in [-0.1, -0.05) is 37.0 Å². The highest BCUT2D eigenvalue weighted by molar-refractivity contribution is 8.26. The summed E-state index contributed by atoms with van der Waals surface area (Å²) in [6.07, 6.45) is 1.98. The molecule has 1 heterocycles. The van der Waals surface area contributed by atoms with Gasteiger partial charge in [0, 0.05) is 6.42 Å². The van der Waals surface area contributed by atoms with E-state index in [0.29, 0.717) is 20.7 Å². The van der Waals surface area contributed by atoms with Gasteiger partial charge in [-0.2, -0.15) is 0 Å². The van der Waals surface area contributed by atoms with Gasteiger partial charge in [0.1, 0.15) is 4.32 Å². The standard InChI is InChI=1S/C14H13NO4S2/c1-3-12(16)19-9-5-4-8(6-10(9)18-2)7-11-13(17)15-14(20)21-11/h4-7H,3H2,1-2H3,(H,15,17,20)/b11-7-. The zero-order valence-electron chi connectivity index (χ0n) is 11.5. The summed E-state index contributed by atoms with van der Waals surface area (Å²) in [4.78, 5) is 23.5. The number of ether oxygens (including phenoxy) is 2. The average Bonchev–Trinajstić information content (AvgIpc) is 2.78. The molecule has 1 aliphatic heterocycles. The molecule has 110 valence electrons. The molecule has 1 N–H and O–H groups in total. The number of benzene rings is 1. The summed E-state index contributed by atoms with van der Waals surface area (Å²) in [6.45, 7) is 1.71. The van der Waals surface area contributed by atoms with Crippen molar-refractivity contribution in [2.75, 3.05) is 7.11 Å². The number of nitrogens with one attached hydrogen (secondary N) is 1. The SMILES string of the molecule is CCC(=O)Oc1ccc(/C=C2\SC(=S)NC2=O)cc1OC. The van der Waals surface area contributed by atoms with Crippen LogP contribution in [-0.4, -0.2) is 23.3 Å². The third-order valence-electron chi connectivity index (χ3n) is 2.64. The lowest BCUT2D eigenvalue weighted by Gasteiger charge is -2.09. The molecule has 21 heavy (non-hydrogen) atoms. The molecule has 0 aromatic heterocycles. The number of hydrogen-bond donors (Lipinski definition) is 1. The number of thioether (sulfide) groups is 1. The number of methoxy groups -OCH3 is 1. The maximum absolute atomic E-state index is 11.6. The van der Waals surface area contributed by atoms with Gasteiger partial charge in [-0.3, -0.25) is 9.59 Å². The molecule has 1 fully saturated rings. The molecule has 1 aromatic rings. The predicted molar refractivity (Wildman–Crippen MR) is 85.2 cm³/mol. The van der Waals surface area contributed by atoms with Crippen molar-refractivity contribution in [2.24, 2.45) is 0 Å². The molecular weight excluding hydrogens is 310 g/mol. The zero-order chi connectivity index (χ0) is 15.4. The van der Waals surface area contributed by atoms with Crippen molar-refractivity contribution in [3.05, 3.63) is 28.7 Å². The van der Waals surface area contributed by atoms with Gasteiger partial charge in [-0.25, -0.2) is 0 Å². The monoisotopic (exact) mass is 323 g/mol. The Balaban J connectivity index is 2.27. The molecule has 0 atom stereocenters. The summed E-state index contributed by atoms with van der Waals surface area (Å²) in [5.74, 6) is 0.226. The summed E-state index contributed by atoms with van der Waals surface area (Å²) < 4.78 is 10.8. The van der Waals surface area contributed by atoms with Crippen LogP contribution in [0.1, 0.15) is 18.9 Å². The number of hydrogen-bond acceptors (Lipinski definition) is 6. The van der Waals surface area contributed by atoms with E-state index < -0.39 is 0 Å². The Hall–Kier alpha value is -1.86. The molecule has 5 nitrogen and oxygen atoms in total. The van der Waals surface area contributed by atoms with Crippen molar-refractivity contribution < 1.29 is 19.1 Å². The Bertz CT molecular complexity index is 640. The molecule has 0 bridgehead atoms. The first-order valence-corrected chi connectivity index (χ1v) is 7.39. The minimum Gasteiger partial charge on any atom is -0.493 e. The van der Waals surface area contributed by atoms with Gasteiger partial charge >= 0.3 is 5.97 Å². The van der Waals surface area contributed by atoms with Gasteiger partial charge in [0.2, 0.25) is 0 Å². The highest BCUT2D eigenvalue weighted by Gasteiger charge is 2.22. The number of carbonyl (C=O) groups is 2. The summed E-state index contributed by atoms with van der Waals surface area (Å²) in [5, 5.41) is 2.55. The van der Waals surface area contributed by atoms with Crippen molar-refractivity contribution in [3.63, 3.8) is 0 Å². The van der Waals surface area contributed by atoms with E-state index in [2.05, 4.69) is 5.32 Å². The number of thiocarbonyl (C=S) groups is 1. The van der Waals surface area contributed by atoms with E-state index in [4.69, 9.17) is 21.7 Å². The lowest BCUT2D eigenvalue weighted by atomic mass is 10.2. The molecule has 0 spiro atoms. The molecule has 2 rings (SSSR count). The first kappa shape index (κ1) is 15.5. The van der Waals surface area contributed by atoms with Crippen LogP contribution in [0.2, 0.25) is 0 Å². The van der Waals surface area contributed by atoms with Crippen LogP contribution >= 0.6 is 24.0 Å². The predicted octanol–water partition coefficient (Wildman–Crippen LogP) is 2.50. The quantitative estimate of drug-likeness (QED) is 0.397. The molecule has 0 aliphatic carbocycles. The van der Waals surface area contributed by atoms with Gasteiger partial charge < -0.3 is 14.8 Å². The van der Waals surface area contributed by atoms with Gasteiger partial charge in [0.05, 0.1) is 12.0 Å². The number of rotatable bonds is 4. The van der Waals surface area contributed by atoms with Crippen molar-refractivity contribution in [2.45, 2.75) is 13.3 Å². The van der Waals surface area contributed by atoms with E-state index in [9.17, 15) is 9.59 Å². The molecule has 1 aromatic carbocycles. The maximum atomic E-state index is 11.6. The lowest BCUT2D eigenvalue weighted by molar-refractivity contribution is -0.134. The molecule has 1 saturated heterocycles. The van der Waals surface area contributed by atoms with Crippen molar-refractivity contribution >= 4 is 46.3 Å². The lowest BCUT2D eigenvalue weighted by Crippen LogP contribution is -2.17. The number of esters is 1. The summed E-state index contributed by atoms with van der Waals surface area (Å²) in [5.41, 5.74) is 0.755. The van der Waals surface area contributed by atoms with Gasteiger partial charge in [0.15, 0.2) is 11.5 Å². The minimum atomic E-state index is -0.338. The summed E-state index contributed by atoms with van der Waals surface area (Å²) in [6, 6.07) is 5.07. The van der Waals surface area contributed by atoms with Crippen LogP contribution in [0.25, 0.3) is 6.08 Å². The van der Waals surface area contributed by atoms with Crippen LogP contribution in [-0.2, 0) is 9.59 Å². The van der Waals surface area contributed by atoms with E-state index >= 15 is 0 Å². The molecular formula is C14H13NO4S2. The Labute approximate surface area is 131 Å². The fourth-order valence-electron chi connectivity index (χ4n) is 1.63. The largest absolute Gasteiger partial charge is 0.493 e. The van der Waals surface area contributed by atoms with E-state index in [-0.39, 0.29) is 18.3 Å². The second-order valence-corrected chi connectivity index (χ2v) is 5.81. The number of amides is 1. The van der Waals surface area contributed by atoms with Crippen LogP contribution in [0, 0.1) is 0 Å².